The van der Waals surface area contributed by atoms with Gasteiger partial charge < -0.3 is 5.32 Å². The Kier molecular flexibility index (Phi) is 6.37. The zero-order valence-corrected chi connectivity index (χ0v) is 14.7. The third kappa shape index (κ3) is 4.28. The van der Waals surface area contributed by atoms with Crippen molar-refractivity contribution in [2.75, 3.05) is 7.05 Å². The average Bonchev–Trinajstić information content (AvgIpc) is 2.77. The highest BCUT2D eigenvalue weighted by atomic mass is 32.2. The highest BCUT2D eigenvalue weighted by Gasteiger charge is 2.30. The van der Waals surface area contributed by atoms with Gasteiger partial charge in [0.15, 0.2) is 0 Å². The summed E-state index contributed by atoms with van der Waals surface area (Å²) in [5.74, 6) is 0. The van der Waals surface area contributed by atoms with Gasteiger partial charge in [-0.15, -0.1) is 0 Å². The van der Waals surface area contributed by atoms with Crippen LogP contribution in [0.4, 0.5) is 0 Å². The van der Waals surface area contributed by atoms with Crippen molar-refractivity contribution in [3.05, 3.63) is 11.4 Å². The molecule has 21 heavy (non-hydrogen) atoms. The number of sulfonamides is 1. The van der Waals surface area contributed by atoms with Crippen molar-refractivity contribution in [1.82, 2.24) is 19.8 Å². The third-order valence-corrected chi connectivity index (χ3v) is 5.78. The number of hydrogen-bond acceptors (Lipinski definition) is 4. The van der Waals surface area contributed by atoms with Gasteiger partial charge in [0.05, 0.1) is 11.4 Å². The van der Waals surface area contributed by atoms with Gasteiger partial charge in [0.25, 0.3) is 0 Å². The number of aryl methyl sites for hydroxylation is 1. The van der Waals surface area contributed by atoms with Gasteiger partial charge in [-0.1, -0.05) is 27.2 Å². The molecule has 1 unspecified atom stereocenters. The summed E-state index contributed by atoms with van der Waals surface area (Å²) in [5, 5.41) is 10.2. The Morgan fingerprint density at radius 1 is 1.33 bits per heavy atom. The van der Waals surface area contributed by atoms with Crippen molar-refractivity contribution >= 4 is 10.0 Å². The number of hydrogen-bond donors (Lipinski definition) is 2. The summed E-state index contributed by atoms with van der Waals surface area (Å²) >= 11 is 0. The second kappa shape index (κ2) is 7.38. The predicted octanol–water partition coefficient (Wildman–Crippen LogP) is 2.03. The fourth-order valence-corrected chi connectivity index (χ4v) is 3.93. The molecule has 0 aromatic carbocycles. The van der Waals surface area contributed by atoms with E-state index in [0.717, 1.165) is 12.8 Å². The van der Waals surface area contributed by atoms with Crippen LogP contribution >= 0.6 is 0 Å². The van der Waals surface area contributed by atoms with Gasteiger partial charge in [-0.05, 0) is 20.3 Å². The topological polar surface area (TPSA) is 78.1 Å². The van der Waals surface area contributed by atoms with Crippen molar-refractivity contribution < 1.29 is 8.42 Å². The largest absolute Gasteiger partial charge is 0.309 e. The number of aromatic nitrogens is 2. The van der Waals surface area contributed by atoms with Gasteiger partial charge in [-0.25, -0.2) is 8.42 Å². The van der Waals surface area contributed by atoms with E-state index >= 15 is 0 Å². The van der Waals surface area contributed by atoms with Gasteiger partial charge >= 0.3 is 0 Å². The van der Waals surface area contributed by atoms with Crippen molar-refractivity contribution in [2.24, 2.45) is 0 Å². The smallest absolute Gasteiger partial charge is 0.246 e. The van der Waals surface area contributed by atoms with E-state index in [1.165, 1.54) is 4.31 Å². The molecule has 1 rings (SSSR count). The first-order valence-corrected chi connectivity index (χ1v) is 8.91. The van der Waals surface area contributed by atoms with E-state index in [-0.39, 0.29) is 12.1 Å². The van der Waals surface area contributed by atoms with E-state index in [4.69, 9.17) is 0 Å². The van der Waals surface area contributed by atoms with Crippen LogP contribution in [0.25, 0.3) is 0 Å². The van der Waals surface area contributed by atoms with E-state index in [2.05, 4.69) is 22.4 Å². The summed E-state index contributed by atoms with van der Waals surface area (Å²) in [6.45, 7) is 10.2. The standard InChI is InChI=1S/C14H28N4O2S/c1-7-8-11(4)18(6)21(19,20)14-12(5)16-17-13(14)9-15-10(2)3/h10-11,15H,7-9H2,1-6H3,(H,16,17). The molecule has 1 aromatic heterocycles. The van der Waals surface area contributed by atoms with Crippen LogP contribution in [0.3, 0.4) is 0 Å². The Bertz CT molecular complexity index is 551. The van der Waals surface area contributed by atoms with Gasteiger partial charge in [-0.2, -0.15) is 9.40 Å². The Hall–Kier alpha value is -0.920. The lowest BCUT2D eigenvalue weighted by atomic mass is 10.2. The van der Waals surface area contributed by atoms with E-state index in [1.807, 2.05) is 20.8 Å². The SMILES string of the molecule is CCCC(C)N(C)S(=O)(=O)c1c(CNC(C)C)n[nH]c1C. The number of rotatable bonds is 8. The molecule has 2 N–H and O–H groups in total. The van der Waals surface area contributed by atoms with Crippen LogP contribution in [0.5, 0.6) is 0 Å². The first-order chi connectivity index (χ1) is 9.71. The molecule has 0 fully saturated rings. The number of aromatic amines is 1. The van der Waals surface area contributed by atoms with E-state index in [9.17, 15) is 8.42 Å². The molecule has 122 valence electrons. The summed E-state index contributed by atoms with van der Waals surface area (Å²) < 4.78 is 27.1. The van der Waals surface area contributed by atoms with E-state index in [0.29, 0.717) is 22.8 Å². The molecule has 0 radical (unpaired) electrons. The second-order valence-electron chi connectivity index (χ2n) is 5.82. The predicted molar refractivity (Wildman–Crippen MR) is 84.6 cm³/mol. The Labute approximate surface area is 128 Å². The molecule has 1 aromatic rings. The summed E-state index contributed by atoms with van der Waals surface area (Å²) in [4.78, 5) is 0.307. The van der Waals surface area contributed by atoms with Crippen molar-refractivity contribution in [2.45, 2.75) is 71.0 Å². The molecule has 0 saturated carbocycles. The maximum Gasteiger partial charge on any atom is 0.246 e. The molecule has 0 spiro atoms. The first-order valence-electron chi connectivity index (χ1n) is 7.47. The highest BCUT2D eigenvalue weighted by molar-refractivity contribution is 7.89. The van der Waals surface area contributed by atoms with Crippen LogP contribution < -0.4 is 5.32 Å². The van der Waals surface area contributed by atoms with Gasteiger partial charge in [-0.3, -0.25) is 5.10 Å². The maximum absolute atomic E-state index is 12.8. The van der Waals surface area contributed by atoms with Crippen LogP contribution in [0.1, 0.15) is 51.9 Å². The molecule has 6 nitrogen and oxygen atoms in total. The monoisotopic (exact) mass is 316 g/mol. The molecule has 1 atom stereocenters. The fraction of sp³-hybridized carbons (Fsp3) is 0.786. The lowest BCUT2D eigenvalue weighted by Crippen LogP contribution is -2.36. The zero-order valence-electron chi connectivity index (χ0n) is 13.9. The number of H-pyrrole nitrogens is 1. The lowest BCUT2D eigenvalue weighted by Gasteiger charge is -2.24. The van der Waals surface area contributed by atoms with E-state index < -0.39 is 10.0 Å². The molecule has 0 aliphatic rings. The van der Waals surface area contributed by atoms with Crippen molar-refractivity contribution in [3.8, 4) is 0 Å². The number of nitrogens with zero attached hydrogens (tertiary/aromatic N) is 2. The summed E-state index contributed by atoms with van der Waals surface area (Å²) in [6, 6.07) is 0.245. The molecule has 0 aliphatic heterocycles. The molecular weight excluding hydrogens is 288 g/mol. The van der Waals surface area contributed by atoms with Crippen molar-refractivity contribution in [1.29, 1.82) is 0 Å². The van der Waals surface area contributed by atoms with Crippen LogP contribution in [0, 0.1) is 6.92 Å². The Balaban J connectivity index is 3.10. The fourth-order valence-electron chi connectivity index (χ4n) is 2.21. The molecule has 0 saturated heterocycles. The average molecular weight is 316 g/mol. The molecular formula is C14H28N4O2S. The van der Waals surface area contributed by atoms with Crippen LogP contribution in [0.15, 0.2) is 4.90 Å². The molecule has 1 heterocycles. The van der Waals surface area contributed by atoms with Crippen LogP contribution in [-0.4, -0.2) is 42.1 Å². The maximum atomic E-state index is 12.8. The van der Waals surface area contributed by atoms with Gasteiger partial charge in [0, 0.05) is 25.7 Å². The van der Waals surface area contributed by atoms with Gasteiger partial charge in [0.1, 0.15) is 4.90 Å². The Morgan fingerprint density at radius 3 is 2.48 bits per heavy atom. The van der Waals surface area contributed by atoms with Crippen LogP contribution in [-0.2, 0) is 16.6 Å². The minimum atomic E-state index is -3.53. The van der Waals surface area contributed by atoms with E-state index in [1.54, 1.807) is 14.0 Å². The lowest BCUT2D eigenvalue weighted by molar-refractivity contribution is 0.368. The normalized spacial score (nSPS) is 14.1. The third-order valence-electron chi connectivity index (χ3n) is 3.60. The molecule has 7 heteroatoms. The van der Waals surface area contributed by atoms with Crippen molar-refractivity contribution in [3.63, 3.8) is 0 Å². The minimum Gasteiger partial charge on any atom is -0.309 e. The second-order valence-corrected chi connectivity index (χ2v) is 7.75. The highest BCUT2D eigenvalue weighted by Crippen LogP contribution is 2.23. The summed E-state index contributed by atoms with van der Waals surface area (Å²) in [6.07, 6.45) is 1.79. The summed E-state index contributed by atoms with van der Waals surface area (Å²) in [5.41, 5.74) is 1.14. The summed E-state index contributed by atoms with van der Waals surface area (Å²) in [7, 11) is -1.89. The quantitative estimate of drug-likeness (QED) is 0.769. The molecule has 0 bridgehead atoms. The van der Waals surface area contributed by atoms with Gasteiger partial charge in [0.2, 0.25) is 10.0 Å². The molecule has 0 amide bonds. The Morgan fingerprint density at radius 2 is 1.95 bits per heavy atom. The zero-order chi connectivity index (χ0) is 16.2. The van der Waals surface area contributed by atoms with Crippen LogP contribution in [0.2, 0.25) is 0 Å². The number of nitrogens with one attached hydrogen (secondary N) is 2. The molecule has 0 aliphatic carbocycles. The first kappa shape index (κ1) is 18.1. The minimum absolute atomic E-state index is 0.0276.